The molecule has 1 saturated heterocycles. The monoisotopic (exact) mass is 340 g/mol. The summed E-state index contributed by atoms with van der Waals surface area (Å²) in [6.07, 6.45) is 7.71. The molecular formula is C21H28N2O2. The molecule has 2 atom stereocenters. The van der Waals surface area contributed by atoms with Crippen molar-refractivity contribution in [1.82, 2.24) is 4.90 Å². The molecule has 3 saturated carbocycles. The SMILES string of the molecule is Oc1ccc(C2C3CCC(CC3)C23CCC(N2CCOCC2)=N3)cc1. The molecule has 0 amide bonds. The van der Waals surface area contributed by atoms with Crippen LogP contribution >= 0.6 is 0 Å². The minimum absolute atomic E-state index is 0.103. The lowest BCUT2D eigenvalue weighted by Gasteiger charge is -2.54. The molecule has 5 aliphatic rings. The van der Waals surface area contributed by atoms with Crippen LogP contribution in [0.5, 0.6) is 5.75 Å². The van der Waals surface area contributed by atoms with Crippen molar-refractivity contribution in [3.8, 4) is 5.75 Å². The highest BCUT2D eigenvalue weighted by atomic mass is 16.5. The average Bonchev–Trinajstić information content (AvgIpc) is 3.10. The number of morpholine rings is 1. The zero-order valence-corrected chi connectivity index (χ0v) is 14.9. The molecule has 1 spiro atoms. The van der Waals surface area contributed by atoms with E-state index < -0.39 is 0 Å². The molecule has 4 heteroatoms. The summed E-state index contributed by atoms with van der Waals surface area (Å²) in [6, 6.07) is 8.00. The number of benzene rings is 1. The Kier molecular flexibility index (Phi) is 3.77. The van der Waals surface area contributed by atoms with Crippen molar-refractivity contribution >= 4 is 5.84 Å². The van der Waals surface area contributed by atoms with Gasteiger partial charge in [-0.15, -0.1) is 0 Å². The predicted molar refractivity (Wildman–Crippen MR) is 98.1 cm³/mol. The van der Waals surface area contributed by atoms with Gasteiger partial charge in [-0.2, -0.15) is 0 Å². The third-order valence-electron chi connectivity index (χ3n) is 7.20. The number of nitrogens with zero attached hydrogens (tertiary/aromatic N) is 2. The molecule has 1 aromatic rings. The fourth-order valence-electron chi connectivity index (χ4n) is 6.09. The van der Waals surface area contributed by atoms with Crippen molar-refractivity contribution < 1.29 is 9.84 Å². The zero-order chi connectivity index (χ0) is 16.9. The molecule has 3 aliphatic carbocycles. The van der Waals surface area contributed by atoms with Crippen LogP contribution in [-0.4, -0.2) is 47.7 Å². The topological polar surface area (TPSA) is 45.1 Å². The number of ether oxygens (including phenoxy) is 1. The summed E-state index contributed by atoms with van der Waals surface area (Å²) in [5.74, 6) is 3.71. The highest BCUT2D eigenvalue weighted by Crippen LogP contribution is 2.60. The Morgan fingerprint density at radius 2 is 1.76 bits per heavy atom. The van der Waals surface area contributed by atoms with Gasteiger partial charge in [0.15, 0.2) is 0 Å². The quantitative estimate of drug-likeness (QED) is 0.850. The molecule has 134 valence electrons. The molecule has 4 fully saturated rings. The number of aliphatic imine (C=N–C) groups is 1. The van der Waals surface area contributed by atoms with Crippen LogP contribution in [0.3, 0.4) is 0 Å². The van der Waals surface area contributed by atoms with Crippen molar-refractivity contribution in [1.29, 1.82) is 0 Å². The summed E-state index contributed by atoms with van der Waals surface area (Å²) in [6.45, 7) is 3.65. The molecule has 25 heavy (non-hydrogen) atoms. The maximum atomic E-state index is 9.71. The van der Waals surface area contributed by atoms with Gasteiger partial charge in [-0.1, -0.05) is 12.1 Å². The van der Waals surface area contributed by atoms with Crippen LogP contribution in [0.2, 0.25) is 0 Å². The van der Waals surface area contributed by atoms with Gasteiger partial charge in [0.25, 0.3) is 0 Å². The van der Waals surface area contributed by atoms with Gasteiger partial charge in [-0.25, -0.2) is 0 Å². The average molecular weight is 340 g/mol. The molecule has 2 heterocycles. The molecular weight excluding hydrogens is 312 g/mol. The molecule has 2 aliphatic heterocycles. The van der Waals surface area contributed by atoms with E-state index in [9.17, 15) is 5.11 Å². The first kappa shape index (κ1) is 15.7. The molecule has 6 rings (SSSR count). The normalized spacial score (nSPS) is 37.5. The first-order valence-electron chi connectivity index (χ1n) is 9.97. The van der Waals surface area contributed by atoms with E-state index in [0.29, 0.717) is 11.7 Å². The van der Waals surface area contributed by atoms with E-state index in [4.69, 9.17) is 9.73 Å². The number of hydrogen-bond acceptors (Lipinski definition) is 4. The van der Waals surface area contributed by atoms with Crippen LogP contribution in [0.25, 0.3) is 0 Å². The number of aromatic hydroxyl groups is 1. The van der Waals surface area contributed by atoms with Crippen molar-refractivity contribution in [2.24, 2.45) is 16.8 Å². The first-order valence-corrected chi connectivity index (χ1v) is 9.97. The number of fused-ring (bicyclic) bond motifs is 2. The van der Waals surface area contributed by atoms with E-state index in [-0.39, 0.29) is 5.54 Å². The van der Waals surface area contributed by atoms with Gasteiger partial charge in [-0.3, -0.25) is 4.99 Å². The maximum absolute atomic E-state index is 9.71. The van der Waals surface area contributed by atoms with Gasteiger partial charge in [0.05, 0.1) is 24.6 Å². The van der Waals surface area contributed by atoms with Crippen LogP contribution in [0.4, 0.5) is 0 Å². The molecule has 0 aromatic heterocycles. The van der Waals surface area contributed by atoms with Gasteiger partial charge in [-0.05, 0) is 61.6 Å². The molecule has 1 N–H and O–H groups in total. The number of amidine groups is 1. The summed E-state index contributed by atoms with van der Waals surface area (Å²) >= 11 is 0. The smallest absolute Gasteiger partial charge is 0.115 e. The standard InChI is InChI=1S/C21H28N2O2/c24-18-7-3-16(4-8-18)20-15-1-5-17(6-2-15)21(20)10-9-19(22-21)23-11-13-25-14-12-23/h3-4,7-8,15,17,20,24H,1-2,5-6,9-14H2. The lowest BCUT2D eigenvalue weighted by molar-refractivity contribution is 0.0425. The molecule has 4 nitrogen and oxygen atoms in total. The summed E-state index contributed by atoms with van der Waals surface area (Å²) < 4.78 is 5.53. The third kappa shape index (κ3) is 2.49. The fraction of sp³-hybridized carbons (Fsp3) is 0.667. The second-order valence-electron chi connectivity index (χ2n) is 8.30. The molecule has 0 radical (unpaired) electrons. The number of phenols is 1. The lowest BCUT2D eigenvalue weighted by atomic mass is 9.52. The van der Waals surface area contributed by atoms with Crippen molar-refractivity contribution in [2.45, 2.75) is 50.0 Å². The van der Waals surface area contributed by atoms with Gasteiger partial charge < -0.3 is 14.7 Å². The lowest BCUT2D eigenvalue weighted by Crippen LogP contribution is -2.51. The summed E-state index contributed by atoms with van der Waals surface area (Å²) in [7, 11) is 0. The summed E-state index contributed by atoms with van der Waals surface area (Å²) in [5, 5.41) is 9.71. The van der Waals surface area contributed by atoms with E-state index in [0.717, 1.165) is 44.6 Å². The second-order valence-corrected chi connectivity index (χ2v) is 8.30. The number of hydrogen-bond donors (Lipinski definition) is 1. The Labute approximate surface area is 149 Å². The van der Waals surface area contributed by atoms with Crippen LogP contribution in [0.1, 0.15) is 50.0 Å². The minimum Gasteiger partial charge on any atom is -0.508 e. The summed E-state index contributed by atoms with van der Waals surface area (Å²) in [4.78, 5) is 7.96. The van der Waals surface area contributed by atoms with Crippen molar-refractivity contribution in [3.05, 3.63) is 29.8 Å². The Morgan fingerprint density at radius 1 is 1.04 bits per heavy atom. The highest BCUT2D eigenvalue weighted by molar-refractivity contribution is 5.85. The van der Waals surface area contributed by atoms with Crippen molar-refractivity contribution in [3.63, 3.8) is 0 Å². The summed E-state index contributed by atoms with van der Waals surface area (Å²) in [5.41, 5.74) is 1.49. The van der Waals surface area contributed by atoms with Gasteiger partial charge in [0.1, 0.15) is 5.75 Å². The Balaban J connectivity index is 1.52. The predicted octanol–water partition coefficient (Wildman–Crippen LogP) is 3.56. The minimum atomic E-state index is 0.103. The Hall–Kier alpha value is -1.55. The van der Waals surface area contributed by atoms with Gasteiger partial charge in [0, 0.05) is 25.4 Å². The Bertz CT molecular complexity index is 657. The Morgan fingerprint density at radius 3 is 2.48 bits per heavy atom. The zero-order valence-electron chi connectivity index (χ0n) is 14.9. The van der Waals surface area contributed by atoms with E-state index in [1.807, 2.05) is 12.1 Å². The highest BCUT2D eigenvalue weighted by Gasteiger charge is 2.56. The van der Waals surface area contributed by atoms with E-state index in [2.05, 4.69) is 17.0 Å². The van der Waals surface area contributed by atoms with Gasteiger partial charge in [0.2, 0.25) is 0 Å². The molecule has 1 aromatic carbocycles. The van der Waals surface area contributed by atoms with Crippen LogP contribution < -0.4 is 0 Å². The maximum Gasteiger partial charge on any atom is 0.115 e. The van der Waals surface area contributed by atoms with Crippen molar-refractivity contribution in [2.75, 3.05) is 26.3 Å². The van der Waals surface area contributed by atoms with Crippen LogP contribution in [0.15, 0.2) is 29.3 Å². The number of rotatable bonds is 1. The third-order valence-corrected chi connectivity index (χ3v) is 7.20. The van der Waals surface area contributed by atoms with E-state index >= 15 is 0 Å². The first-order chi connectivity index (χ1) is 12.3. The second kappa shape index (κ2) is 6.01. The van der Waals surface area contributed by atoms with Crippen LogP contribution in [-0.2, 0) is 4.74 Å². The fourth-order valence-corrected chi connectivity index (χ4v) is 6.09. The number of phenolic OH excluding ortho intramolecular Hbond substituents is 1. The largest absolute Gasteiger partial charge is 0.508 e. The van der Waals surface area contributed by atoms with E-state index in [1.54, 1.807) is 0 Å². The molecule has 2 unspecified atom stereocenters. The van der Waals surface area contributed by atoms with Gasteiger partial charge >= 0.3 is 0 Å². The molecule has 2 bridgehead atoms. The van der Waals surface area contributed by atoms with E-state index in [1.165, 1.54) is 43.5 Å². The van der Waals surface area contributed by atoms with Crippen LogP contribution in [0, 0.1) is 11.8 Å².